The van der Waals surface area contributed by atoms with Crippen molar-refractivity contribution < 1.29 is 14.3 Å². The van der Waals surface area contributed by atoms with Crippen LogP contribution in [0.25, 0.3) is 11.4 Å². The Kier molecular flexibility index (Phi) is 3.18. The van der Waals surface area contributed by atoms with Gasteiger partial charge in [-0.3, -0.25) is 4.79 Å². The fourth-order valence-corrected chi connectivity index (χ4v) is 1.51. The van der Waals surface area contributed by atoms with Crippen LogP contribution in [-0.2, 0) is 11.2 Å². The number of nitrogens with one attached hydrogen (secondary N) is 1. The predicted octanol–water partition coefficient (Wildman–Crippen LogP) is 2.23. The monoisotopic (exact) mass is 234 g/mol. The van der Waals surface area contributed by atoms with E-state index in [4.69, 9.17) is 5.11 Å². The Labute approximate surface area is 97.1 Å². The second kappa shape index (κ2) is 4.78. The van der Waals surface area contributed by atoms with Crippen molar-refractivity contribution in [3.8, 4) is 11.4 Å². The van der Waals surface area contributed by atoms with Crippen molar-refractivity contribution in [2.45, 2.75) is 12.8 Å². The molecule has 1 heterocycles. The Morgan fingerprint density at radius 3 is 3.00 bits per heavy atom. The Morgan fingerprint density at radius 1 is 1.47 bits per heavy atom. The predicted molar refractivity (Wildman–Crippen MR) is 59.9 cm³/mol. The molecule has 0 saturated carbocycles. The number of imidazole rings is 1. The largest absolute Gasteiger partial charge is 0.481 e. The number of carbonyl (C=O) groups is 1. The molecule has 2 rings (SSSR count). The summed E-state index contributed by atoms with van der Waals surface area (Å²) < 4.78 is 13.0. The lowest BCUT2D eigenvalue weighted by Gasteiger charge is -1.96. The van der Waals surface area contributed by atoms with Crippen LogP contribution in [-0.4, -0.2) is 21.0 Å². The van der Waals surface area contributed by atoms with Gasteiger partial charge in [-0.05, 0) is 18.6 Å². The number of aliphatic carboxylic acids is 1. The van der Waals surface area contributed by atoms with Gasteiger partial charge in [0, 0.05) is 17.5 Å². The maximum Gasteiger partial charge on any atom is 0.303 e. The van der Waals surface area contributed by atoms with Gasteiger partial charge in [-0.25, -0.2) is 9.37 Å². The number of hydrogen-bond donors (Lipinski definition) is 2. The van der Waals surface area contributed by atoms with Gasteiger partial charge in [0.2, 0.25) is 0 Å². The molecule has 0 aliphatic heterocycles. The molecule has 0 fully saturated rings. The second-order valence-corrected chi connectivity index (χ2v) is 3.66. The molecule has 4 nitrogen and oxygen atoms in total. The van der Waals surface area contributed by atoms with Crippen LogP contribution in [0.1, 0.15) is 12.1 Å². The van der Waals surface area contributed by atoms with Crippen LogP contribution < -0.4 is 0 Å². The van der Waals surface area contributed by atoms with Gasteiger partial charge in [-0.2, -0.15) is 0 Å². The normalized spacial score (nSPS) is 10.4. The molecule has 0 radical (unpaired) electrons. The van der Waals surface area contributed by atoms with Gasteiger partial charge in [-0.15, -0.1) is 0 Å². The SMILES string of the molecule is O=C(O)CCc1cnc(-c2cccc(F)c2)[nH]1. The van der Waals surface area contributed by atoms with Gasteiger partial charge >= 0.3 is 5.97 Å². The first kappa shape index (κ1) is 11.3. The molecule has 1 aromatic carbocycles. The maximum atomic E-state index is 13.0. The first-order valence-corrected chi connectivity index (χ1v) is 5.17. The summed E-state index contributed by atoms with van der Waals surface area (Å²) >= 11 is 0. The minimum atomic E-state index is -0.855. The molecule has 0 bridgehead atoms. The highest BCUT2D eigenvalue weighted by molar-refractivity contribution is 5.67. The van der Waals surface area contributed by atoms with Crippen molar-refractivity contribution in [2.24, 2.45) is 0 Å². The van der Waals surface area contributed by atoms with E-state index in [9.17, 15) is 9.18 Å². The number of H-pyrrole nitrogens is 1. The number of aromatic amines is 1. The average molecular weight is 234 g/mol. The van der Waals surface area contributed by atoms with Crippen LogP contribution in [0.5, 0.6) is 0 Å². The number of rotatable bonds is 4. The number of hydrogen-bond acceptors (Lipinski definition) is 2. The first-order valence-electron chi connectivity index (χ1n) is 5.17. The van der Waals surface area contributed by atoms with Gasteiger partial charge < -0.3 is 10.1 Å². The highest BCUT2D eigenvalue weighted by atomic mass is 19.1. The molecule has 5 heteroatoms. The van der Waals surface area contributed by atoms with Crippen LogP contribution in [0.3, 0.4) is 0 Å². The third-order valence-corrected chi connectivity index (χ3v) is 2.33. The van der Waals surface area contributed by atoms with Crippen LogP contribution >= 0.6 is 0 Å². The maximum absolute atomic E-state index is 13.0. The topological polar surface area (TPSA) is 66.0 Å². The number of aryl methyl sites for hydroxylation is 1. The van der Waals surface area contributed by atoms with Gasteiger partial charge in [0.15, 0.2) is 0 Å². The minimum Gasteiger partial charge on any atom is -0.481 e. The summed E-state index contributed by atoms with van der Waals surface area (Å²) in [5.41, 5.74) is 1.37. The van der Waals surface area contributed by atoms with Crippen LogP contribution in [0.4, 0.5) is 4.39 Å². The summed E-state index contributed by atoms with van der Waals surface area (Å²) in [6, 6.07) is 6.07. The molecule has 1 aromatic heterocycles. The van der Waals surface area contributed by atoms with Gasteiger partial charge in [0.05, 0.1) is 6.42 Å². The van der Waals surface area contributed by atoms with E-state index in [1.165, 1.54) is 12.1 Å². The van der Waals surface area contributed by atoms with E-state index < -0.39 is 5.97 Å². The molecule has 2 N–H and O–H groups in total. The van der Waals surface area contributed by atoms with Crippen molar-refractivity contribution in [1.82, 2.24) is 9.97 Å². The van der Waals surface area contributed by atoms with E-state index in [-0.39, 0.29) is 12.2 Å². The zero-order valence-electron chi connectivity index (χ0n) is 8.98. The number of nitrogens with zero attached hydrogens (tertiary/aromatic N) is 1. The Morgan fingerprint density at radius 2 is 2.29 bits per heavy atom. The molecule has 0 amide bonds. The lowest BCUT2D eigenvalue weighted by molar-refractivity contribution is -0.136. The second-order valence-electron chi connectivity index (χ2n) is 3.66. The molecular formula is C12H11FN2O2. The van der Waals surface area contributed by atoms with E-state index >= 15 is 0 Å². The van der Waals surface area contributed by atoms with E-state index in [0.717, 1.165) is 5.69 Å². The molecule has 2 aromatic rings. The summed E-state index contributed by atoms with van der Waals surface area (Å²) in [4.78, 5) is 17.5. The summed E-state index contributed by atoms with van der Waals surface area (Å²) in [7, 11) is 0. The van der Waals surface area contributed by atoms with Crippen LogP contribution in [0.15, 0.2) is 30.5 Å². The third kappa shape index (κ3) is 2.90. The summed E-state index contributed by atoms with van der Waals surface area (Å²) in [5.74, 6) is -0.636. The van der Waals surface area contributed by atoms with Gasteiger partial charge in [0.1, 0.15) is 11.6 Å². The van der Waals surface area contributed by atoms with Crippen LogP contribution in [0, 0.1) is 5.82 Å². The number of benzene rings is 1. The van der Waals surface area contributed by atoms with E-state index in [1.807, 2.05) is 0 Å². The highest BCUT2D eigenvalue weighted by Crippen LogP contribution is 2.17. The third-order valence-electron chi connectivity index (χ3n) is 2.33. The first-order chi connectivity index (χ1) is 8.15. The lowest BCUT2D eigenvalue weighted by Crippen LogP contribution is -1.97. The average Bonchev–Trinajstić information content (AvgIpc) is 2.75. The van der Waals surface area contributed by atoms with Gasteiger partial charge in [0.25, 0.3) is 0 Å². The zero-order valence-corrected chi connectivity index (χ0v) is 8.98. The number of carboxylic acids is 1. The molecule has 0 spiro atoms. The van der Waals surface area contributed by atoms with E-state index in [0.29, 0.717) is 17.8 Å². The number of halogens is 1. The molecule has 0 unspecified atom stereocenters. The highest BCUT2D eigenvalue weighted by Gasteiger charge is 2.05. The standard InChI is InChI=1S/C12H11FN2O2/c13-9-3-1-2-8(6-9)12-14-7-10(15-12)4-5-11(16)17/h1-3,6-7H,4-5H2,(H,14,15)(H,16,17). The Balaban J connectivity index is 2.15. The number of carboxylic acid groups (broad SMARTS) is 1. The quantitative estimate of drug-likeness (QED) is 0.852. The fraction of sp³-hybridized carbons (Fsp3) is 0.167. The zero-order chi connectivity index (χ0) is 12.3. The minimum absolute atomic E-state index is 0.0464. The molecule has 0 aliphatic carbocycles. The van der Waals surface area contributed by atoms with Gasteiger partial charge in [-0.1, -0.05) is 12.1 Å². The van der Waals surface area contributed by atoms with Crippen molar-refractivity contribution in [3.05, 3.63) is 42.0 Å². The van der Waals surface area contributed by atoms with Crippen molar-refractivity contribution in [2.75, 3.05) is 0 Å². The van der Waals surface area contributed by atoms with E-state index in [1.54, 1.807) is 18.3 Å². The smallest absolute Gasteiger partial charge is 0.303 e. The molecular weight excluding hydrogens is 223 g/mol. The Hall–Kier alpha value is -2.17. The van der Waals surface area contributed by atoms with Crippen LogP contribution in [0.2, 0.25) is 0 Å². The van der Waals surface area contributed by atoms with Crippen molar-refractivity contribution in [1.29, 1.82) is 0 Å². The summed E-state index contributed by atoms with van der Waals surface area (Å²) in [5, 5.41) is 8.55. The van der Waals surface area contributed by atoms with E-state index in [2.05, 4.69) is 9.97 Å². The molecule has 0 saturated heterocycles. The molecule has 0 atom stereocenters. The number of aromatic nitrogens is 2. The molecule has 0 aliphatic rings. The van der Waals surface area contributed by atoms with Crippen molar-refractivity contribution >= 4 is 5.97 Å². The summed E-state index contributed by atoms with van der Waals surface area (Å²) in [6.07, 6.45) is 2.01. The fourth-order valence-electron chi connectivity index (χ4n) is 1.51. The molecule has 88 valence electrons. The molecule has 17 heavy (non-hydrogen) atoms. The summed E-state index contributed by atoms with van der Waals surface area (Å²) in [6.45, 7) is 0. The Bertz CT molecular complexity index is 537. The lowest BCUT2D eigenvalue weighted by atomic mass is 10.2. The van der Waals surface area contributed by atoms with Crippen molar-refractivity contribution in [3.63, 3.8) is 0 Å².